The molecule has 106 valence electrons. The maximum Gasteiger partial charge on any atom is 0.203 e. The molecule has 1 aliphatic rings. The first kappa shape index (κ1) is 13.8. The predicted molar refractivity (Wildman–Crippen MR) is 72.3 cm³/mol. The van der Waals surface area contributed by atoms with Gasteiger partial charge in [-0.25, -0.2) is 0 Å². The van der Waals surface area contributed by atoms with Crippen LogP contribution in [0.1, 0.15) is 12.8 Å². The number of ether oxygens (including phenoxy) is 4. The molecule has 1 saturated carbocycles. The normalized spacial score (nSPS) is 15.8. The lowest BCUT2D eigenvalue weighted by Gasteiger charge is -2.16. The third-order valence-corrected chi connectivity index (χ3v) is 3.31. The molecule has 19 heavy (non-hydrogen) atoms. The third kappa shape index (κ3) is 3.23. The Morgan fingerprint density at radius 1 is 1.11 bits per heavy atom. The predicted octanol–water partition coefficient (Wildman–Crippen LogP) is 1.83. The van der Waals surface area contributed by atoms with Gasteiger partial charge < -0.3 is 24.7 Å². The van der Waals surface area contributed by atoms with Gasteiger partial charge in [0.25, 0.3) is 0 Å². The summed E-state index contributed by atoms with van der Waals surface area (Å²) in [5, 5.41) is 0. The van der Waals surface area contributed by atoms with Crippen molar-refractivity contribution in [2.24, 2.45) is 11.7 Å². The highest BCUT2D eigenvalue weighted by Crippen LogP contribution is 2.41. The van der Waals surface area contributed by atoms with E-state index in [9.17, 15) is 0 Å². The van der Waals surface area contributed by atoms with E-state index in [1.165, 1.54) is 12.8 Å². The Morgan fingerprint density at radius 3 is 2.11 bits per heavy atom. The van der Waals surface area contributed by atoms with E-state index in [-0.39, 0.29) is 6.04 Å². The lowest BCUT2D eigenvalue weighted by atomic mass is 10.2. The lowest BCUT2D eigenvalue weighted by molar-refractivity contribution is 0.269. The van der Waals surface area contributed by atoms with Gasteiger partial charge in [0, 0.05) is 18.2 Å². The Kier molecular flexibility index (Phi) is 4.37. The molecule has 0 saturated heterocycles. The van der Waals surface area contributed by atoms with Gasteiger partial charge in [-0.15, -0.1) is 0 Å². The Bertz CT molecular complexity index is 406. The first-order valence-corrected chi connectivity index (χ1v) is 6.38. The van der Waals surface area contributed by atoms with Crippen LogP contribution in [0.5, 0.6) is 23.0 Å². The van der Waals surface area contributed by atoms with E-state index in [2.05, 4.69) is 0 Å². The molecule has 5 heteroatoms. The SMILES string of the molecule is COc1cc(OCC(N)C2CC2)cc(OC)c1OC. The van der Waals surface area contributed by atoms with Crippen molar-refractivity contribution in [1.82, 2.24) is 0 Å². The molecule has 0 aliphatic heterocycles. The molecule has 1 fully saturated rings. The maximum absolute atomic E-state index is 6.01. The van der Waals surface area contributed by atoms with Gasteiger partial charge in [0.15, 0.2) is 11.5 Å². The minimum absolute atomic E-state index is 0.0964. The van der Waals surface area contributed by atoms with E-state index in [0.29, 0.717) is 35.5 Å². The first-order chi connectivity index (χ1) is 9.19. The van der Waals surface area contributed by atoms with Gasteiger partial charge in [-0.05, 0) is 18.8 Å². The van der Waals surface area contributed by atoms with Crippen LogP contribution >= 0.6 is 0 Å². The summed E-state index contributed by atoms with van der Waals surface area (Å²) in [5.74, 6) is 3.00. The highest BCUT2D eigenvalue weighted by Gasteiger charge is 2.29. The van der Waals surface area contributed by atoms with Crippen molar-refractivity contribution < 1.29 is 18.9 Å². The molecule has 1 aromatic carbocycles. The monoisotopic (exact) mass is 267 g/mol. The molecular formula is C14H21NO4. The van der Waals surface area contributed by atoms with Crippen LogP contribution < -0.4 is 24.7 Å². The van der Waals surface area contributed by atoms with E-state index in [1.54, 1.807) is 33.5 Å². The summed E-state index contributed by atoms with van der Waals surface area (Å²) in [6.07, 6.45) is 2.42. The van der Waals surface area contributed by atoms with Crippen molar-refractivity contribution in [3.63, 3.8) is 0 Å². The van der Waals surface area contributed by atoms with Gasteiger partial charge in [-0.2, -0.15) is 0 Å². The number of benzene rings is 1. The summed E-state index contributed by atoms with van der Waals surface area (Å²) in [6.45, 7) is 0.503. The maximum atomic E-state index is 6.01. The molecule has 0 amide bonds. The van der Waals surface area contributed by atoms with E-state index in [4.69, 9.17) is 24.7 Å². The average Bonchev–Trinajstić information content (AvgIpc) is 3.27. The van der Waals surface area contributed by atoms with Crippen molar-refractivity contribution in [1.29, 1.82) is 0 Å². The zero-order chi connectivity index (χ0) is 13.8. The molecule has 2 rings (SSSR count). The van der Waals surface area contributed by atoms with Crippen LogP contribution in [0.2, 0.25) is 0 Å². The van der Waals surface area contributed by atoms with E-state index in [1.807, 2.05) is 0 Å². The molecule has 0 bridgehead atoms. The summed E-state index contributed by atoms with van der Waals surface area (Å²) in [6, 6.07) is 3.65. The molecule has 5 nitrogen and oxygen atoms in total. The number of hydrogen-bond acceptors (Lipinski definition) is 5. The largest absolute Gasteiger partial charge is 0.493 e. The van der Waals surface area contributed by atoms with E-state index < -0.39 is 0 Å². The standard InChI is InChI=1S/C14H21NO4/c1-16-12-6-10(7-13(17-2)14(12)18-3)19-8-11(15)9-4-5-9/h6-7,9,11H,4-5,8,15H2,1-3H3. The zero-order valence-corrected chi connectivity index (χ0v) is 11.6. The fourth-order valence-electron chi connectivity index (χ4n) is 1.99. The quantitative estimate of drug-likeness (QED) is 0.816. The van der Waals surface area contributed by atoms with Crippen LogP contribution in [-0.2, 0) is 0 Å². The fourth-order valence-corrected chi connectivity index (χ4v) is 1.99. The average molecular weight is 267 g/mol. The summed E-state index contributed by atoms with van der Waals surface area (Å²) in [4.78, 5) is 0. The molecule has 0 heterocycles. The van der Waals surface area contributed by atoms with Crippen LogP contribution in [-0.4, -0.2) is 34.0 Å². The highest BCUT2D eigenvalue weighted by atomic mass is 16.5. The second-order valence-electron chi connectivity index (χ2n) is 4.67. The second kappa shape index (κ2) is 6.02. The number of nitrogens with two attached hydrogens (primary N) is 1. The van der Waals surface area contributed by atoms with Crippen LogP contribution in [0, 0.1) is 5.92 Å². The molecule has 1 atom stereocenters. The minimum Gasteiger partial charge on any atom is -0.493 e. The summed E-state index contributed by atoms with van der Waals surface area (Å²) in [7, 11) is 4.73. The minimum atomic E-state index is 0.0964. The Hall–Kier alpha value is -1.62. The molecule has 2 N–H and O–H groups in total. The van der Waals surface area contributed by atoms with Gasteiger partial charge in [-0.3, -0.25) is 0 Å². The molecule has 1 aromatic rings. The summed E-state index contributed by atoms with van der Waals surface area (Å²) < 4.78 is 21.5. The van der Waals surface area contributed by atoms with Gasteiger partial charge in [0.2, 0.25) is 5.75 Å². The van der Waals surface area contributed by atoms with Crippen LogP contribution in [0.15, 0.2) is 12.1 Å². The first-order valence-electron chi connectivity index (χ1n) is 6.38. The smallest absolute Gasteiger partial charge is 0.203 e. The second-order valence-corrected chi connectivity index (χ2v) is 4.67. The van der Waals surface area contributed by atoms with Crippen molar-refractivity contribution in [3.05, 3.63) is 12.1 Å². The molecule has 0 spiro atoms. The van der Waals surface area contributed by atoms with Gasteiger partial charge in [-0.1, -0.05) is 0 Å². The number of hydrogen-bond donors (Lipinski definition) is 1. The van der Waals surface area contributed by atoms with Crippen molar-refractivity contribution in [3.8, 4) is 23.0 Å². The third-order valence-electron chi connectivity index (χ3n) is 3.31. The Labute approximate surface area is 113 Å². The van der Waals surface area contributed by atoms with E-state index >= 15 is 0 Å². The zero-order valence-electron chi connectivity index (χ0n) is 11.6. The Balaban J connectivity index is 2.11. The molecule has 1 unspecified atom stereocenters. The van der Waals surface area contributed by atoms with Crippen LogP contribution in [0.25, 0.3) is 0 Å². The molecular weight excluding hydrogens is 246 g/mol. The van der Waals surface area contributed by atoms with Crippen LogP contribution in [0.3, 0.4) is 0 Å². The fraction of sp³-hybridized carbons (Fsp3) is 0.571. The topological polar surface area (TPSA) is 62.9 Å². The van der Waals surface area contributed by atoms with Gasteiger partial charge in [0.1, 0.15) is 12.4 Å². The van der Waals surface area contributed by atoms with Gasteiger partial charge >= 0.3 is 0 Å². The van der Waals surface area contributed by atoms with Crippen molar-refractivity contribution >= 4 is 0 Å². The lowest BCUT2D eigenvalue weighted by Crippen LogP contribution is -2.29. The summed E-state index contributed by atoms with van der Waals surface area (Å²) in [5.41, 5.74) is 6.01. The van der Waals surface area contributed by atoms with Crippen LogP contribution in [0.4, 0.5) is 0 Å². The van der Waals surface area contributed by atoms with E-state index in [0.717, 1.165) is 0 Å². The number of methoxy groups -OCH3 is 3. The molecule has 0 aromatic heterocycles. The Morgan fingerprint density at radius 2 is 1.68 bits per heavy atom. The summed E-state index contributed by atoms with van der Waals surface area (Å²) >= 11 is 0. The molecule has 0 radical (unpaired) electrons. The number of rotatable bonds is 7. The van der Waals surface area contributed by atoms with Crippen molar-refractivity contribution in [2.45, 2.75) is 18.9 Å². The van der Waals surface area contributed by atoms with Gasteiger partial charge in [0.05, 0.1) is 21.3 Å². The molecule has 1 aliphatic carbocycles. The highest BCUT2D eigenvalue weighted by molar-refractivity contribution is 5.55. The van der Waals surface area contributed by atoms with Crippen molar-refractivity contribution in [2.75, 3.05) is 27.9 Å².